The second-order valence-corrected chi connectivity index (χ2v) is 12.7. The Morgan fingerprint density at radius 1 is 1.18 bits per heavy atom. The van der Waals surface area contributed by atoms with Crippen molar-refractivity contribution in [2.24, 2.45) is 17.3 Å². The van der Waals surface area contributed by atoms with Crippen LogP contribution in [0.25, 0.3) is 10.8 Å². The summed E-state index contributed by atoms with van der Waals surface area (Å²) in [6, 6.07) is -2.06. The highest BCUT2D eigenvalue weighted by molar-refractivity contribution is 5.96. The molecule has 6 atom stereocenters. The molecule has 238 valence electrons. The molecule has 2 aromatic rings. The number of likely N-dealkylation sites (tertiary alicyclic amines) is 1. The average molecular weight is 627 g/mol. The van der Waals surface area contributed by atoms with E-state index in [1.807, 2.05) is 13.8 Å². The third kappa shape index (κ3) is 5.75. The van der Waals surface area contributed by atoms with Crippen molar-refractivity contribution in [1.29, 1.82) is 5.26 Å². The van der Waals surface area contributed by atoms with Gasteiger partial charge < -0.3 is 25.0 Å². The van der Waals surface area contributed by atoms with Gasteiger partial charge in [-0.05, 0) is 43.9 Å². The lowest BCUT2D eigenvalue weighted by molar-refractivity contribution is -0.177. The van der Waals surface area contributed by atoms with Crippen molar-refractivity contribution in [3.05, 3.63) is 29.7 Å². The normalized spacial score (nSPS) is 24.3. The Labute approximate surface area is 257 Å². The Morgan fingerprint density at radius 2 is 1.87 bits per heavy atom. The number of halogens is 3. The maximum atomic E-state index is 14.0. The number of methoxy groups -OCH3 is 1. The lowest BCUT2D eigenvalue weighted by atomic mass is 9.97. The van der Waals surface area contributed by atoms with Crippen molar-refractivity contribution in [3.63, 3.8) is 0 Å². The van der Waals surface area contributed by atoms with Crippen molar-refractivity contribution in [3.8, 4) is 24.3 Å². The number of hydrogen-bond acceptors (Lipinski definition) is 8. The van der Waals surface area contributed by atoms with Crippen LogP contribution in [-0.2, 0) is 19.1 Å². The molecule has 2 aromatic heterocycles. The number of rotatable bonds is 9. The van der Waals surface area contributed by atoms with Crippen molar-refractivity contribution < 1.29 is 37.0 Å². The number of carbonyl (C=O) groups is 3. The zero-order chi connectivity index (χ0) is 33.1. The molecule has 5 rings (SSSR count). The van der Waals surface area contributed by atoms with E-state index in [-0.39, 0.29) is 40.8 Å². The molecular weight excluding hydrogens is 593 g/mol. The Balaban J connectivity index is 1.46. The van der Waals surface area contributed by atoms with Crippen LogP contribution in [0, 0.1) is 40.9 Å². The molecule has 2 N–H and O–H groups in total. The van der Waals surface area contributed by atoms with Gasteiger partial charge in [0.1, 0.15) is 18.1 Å². The largest absolute Gasteiger partial charge is 0.480 e. The molecule has 3 fully saturated rings. The van der Waals surface area contributed by atoms with Crippen LogP contribution in [-0.4, -0.2) is 76.2 Å². The maximum absolute atomic E-state index is 14.0. The molecule has 14 heteroatoms. The average Bonchev–Trinajstić information content (AvgIpc) is 3.76. The molecule has 3 amide bonds. The molecule has 0 spiro atoms. The number of nitriles is 1. The van der Waals surface area contributed by atoms with Gasteiger partial charge in [0, 0.05) is 41.5 Å². The third-order valence-corrected chi connectivity index (χ3v) is 9.32. The molecule has 3 heterocycles. The van der Waals surface area contributed by atoms with E-state index >= 15 is 0 Å². The number of terminal acetylenes is 1. The molecule has 45 heavy (non-hydrogen) atoms. The predicted molar refractivity (Wildman–Crippen MR) is 153 cm³/mol. The van der Waals surface area contributed by atoms with E-state index in [1.165, 1.54) is 37.5 Å². The summed E-state index contributed by atoms with van der Waals surface area (Å²) >= 11 is 0. The molecule has 0 radical (unpaired) electrons. The SMILES string of the molecule is C#Cc1c(OC)ncc2cncc(C(C#N)NC(=O)[C@@H]3[C@@H]4[C@H](CN3C(=O)[C@@H](NC(=O)C(F)(F)F)[C@@H](C)OC3(C)CC3)C4(C)C)c12. The highest BCUT2D eigenvalue weighted by atomic mass is 19.4. The number of pyridine rings is 2. The minimum absolute atomic E-state index is 0.0775. The fourth-order valence-corrected chi connectivity index (χ4v) is 6.50. The summed E-state index contributed by atoms with van der Waals surface area (Å²) in [6.45, 7) is 7.13. The van der Waals surface area contributed by atoms with Gasteiger partial charge in [0.25, 0.3) is 0 Å². The highest BCUT2D eigenvalue weighted by Crippen LogP contribution is 2.65. The summed E-state index contributed by atoms with van der Waals surface area (Å²) in [7, 11) is 1.39. The number of amides is 3. The van der Waals surface area contributed by atoms with Crippen LogP contribution in [0.4, 0.5) is 13.2 Å². The van der Waals surface area contributed by atoms with Crippen molar-refractivity contribution in [2.75, 3.05) is 13.7 Å². The standard InChI is InChI=1S/C31H33F3N6O5/c1-7-17-21-16(12-37-26(17)44-6)11-36-13-18(21)20(10-35)38-25(41)24-22-19(29(22,3)4)14-40(24)27(42)23(39-28(43)31(32,33)34)15(2)45-30(5)8-9-30/h1,11-13,15,19-20,22-24H,8-9,14H2,2-6H3,(H,38,41)(H,39,43)/t15-,19+,20?,22+,23+,24+/m1/s1. The number of alkyl halides is 3. The van der Waals surface area contributed by atoms with Gasteiger partial charge in [0.05, 0.1) is 30.4 Å². The fraction of sp³-hybridized carbons (Fsp3) is 0.548. The predicted octanol–water partition coefficient (Wildman–Crippen LogP) is 2.79. The number of fused-ring (bicyclic) bond motifs is 2. The van der Waals surface area contributed by atoms with Gasteiger partial charge in [0.2, 0.25) is 17.7 Å². The van der Waals surface area contributed by atoms with Crippen LogP contribution < -0.4 is 15.4 Å². The molecule has 2 aliphatic carbocycles. The minimum atomic E-state index is -5.24. The van der Waals surface area contributed by atoms with Crippen LogP contribution >= 0.6 is 0 Å². The van der Waals surface area contributed by atoms with Gasteiger partial charge in [-0.3, -0.25) is 19.4 Å². The summed E-state index contributed by atoms with van der Waals surface area (Å²) < 4.78 is 51.1. The first-order valence-corrected chi connectivity index (χ1v) is 14.4. The first-order chi connectivity index (χ1) is 21.1. The lowest BCUT2D eigenvalue weighted by Crippen LogP contribution is -2.60. The van der Waals surface area contributed by atoms with Gasteiger partial charge >= 0.3 is 12.1 Å². The number of ether oxygens (including phenoxy) is 2. The number of hydrogen-bond donors (Lipinski definition) is 2. The Morgan fingerprint density at radius 3 is 2.44 bits per heavy atom. The zero-order valence-electron chi connectivity index (χ0n) is 25.4. The molecule has 1 aliphatic heterocycles. The lowest BCUT2D eigenvalue weighted by Gasteiger charge is -2.35. The van der Waals surface area contributed by atoms with E-state index in [9.17, 15) is 32.8 Å². The van der Waals surface area contributed by atoms with Gasteiger partial charge in [-0.2, -0.15) is 18.4 Å². The van der Waals surface area contributed by atoms with Gasteiger partial charge in [-0.25, -0.2) is 4.98 Å². The van der Waals surface area contributed by atoms with E-state index < -0.39 is 53.7 Å². The fourth-order valence-electron chi connectivity index (χ4n) is 6.50. The van der Waals surface area contributed by atoms with Gasteiger partial charge in [-0.15, -0.1) is 6.42 Å². The first kappa shape index (κ1) is 32.0. The summed E-state index contributed by atoms with van der Waals surface area (Å²) in [5, 5.41) is 15.6. The topological polar surface area (TPSA) is 147 Å². The van der Waals surface area contributed by atoms with E-state index in [1.54, 1.807) is 12.2 Å². The summed E-state index contributed by atoms with van der Waals surface area (Å²) in [6.07, 6.45) is 5.05. The summed E-state index contributed by atoms with van der Waals surface area (Å²) in [5.74, 6) is -1.66. The summed E-state index contributed by atoms with van der Waals surface area (Å²) in [5.41, 5.74) is -0.445. The zero-order valence-corrected chi connectivity index (χ0v) is 25.4. The van der Waals surface area contributed by atoms with Crippen molar-refractivity contribution in [1.82, 2.24) is 25.5 Å². The number of piperidine rings is 1. The van der Waals surface area contributed by atoms with Crippen LogP contribution in [0.15, 0.2) is 18.6 Å². The number of carbonyl (C=O) groups excluding carboxylic acids is 3. The minimum Gasteiger partial charge on any atom is -0.480 e. The molecule has 1 unspecified atom stereocenters. The van der Waals surface area contributed by atoms with Crippen LogP contribution in [0.2, 0.25) is 0 Å². The molecule has 2 saturated carbocycles. The first-order valence-electron chi connectivity index (χ1n) is 14.4. The smallest absolute Gasteiger partial charge is 0.471 e. The van der Waals surface area contributed by atoms with Crippen molar-refractivity contribution in [2.45, 2.75) is 76.5 Å². The van der Waals surface area contributed by atoms with Gasteiger partial charge in [-0.1, -0.05) is 19.8 Å². The van der Waals surface area contributed by atoms with Crippen LogP contribution in [0.5, 0.6) is 5.88 Å². The van der Waals surface area contributed by atoms with Gasteiger partial charge in [0.15, 0.2) is 0 Å². The Kier molecular flexibility index (Phi) is 7.94. The molecule has 0 bridgehead atoms. The van der Waals surface area contributed by atoms with Crippen molar-refractivity contribution >= 4 is 28.5 Å². The van der Waals surface area contributed by atoms with E-state index in [0.29, 0.717) is 23.6 Å². The molecule has 3 aliphatic rings. The van der Waals surface area contributed by atoms with Crippen LogP contribution in [0.1, 0.15) is 57.7 Å². The third-order valence-electron chi connectivity index (χ3n) is 9.32. The van der Waals surface area contributed by atoms with E-state index in [0.717, 1.165) is 0 Å². The van der Waals surface area contributed by atoms with E-state index in [2.05, 4.69) is 27.3 Å². The summed E-state index contributed by atoms with van der Waals surface area (Å²) in [4.78, 5) is 49.5. The quantitative estimate of drug-likeness (QED) is 0.404. The monoisotopic (exact) mass is 626 g/mol. The molecule has 0 aromatic carbocycles. The Hall–Kier alpha value is -4.43. The number of aromatic nitrogens is 2. The molecular formula is C31H33F3N6O5. The second-order valence-electron chi connectivity index (χ2n) is 12.7. The molecule has 11 nitrogen and oxygen atoms in total. The maximum Gasteiger partial charge on any atom is 0.471 e. The van der Waals surface area contributed by atoms with Crippen LogP contribution in [0.3, 0.4) is 0 Å². The number of nitrogens with one attached hydrogen (secondary N) is 2. The van der Waals surface area contributed by atoms with E-state index in [4.69, 9.17) is 15.9 Å². The highest BCUT2D eigenvalue weighted by Gasteiger charge is 2.70. The molecule has 1 saturated heterocycles. The second kappa shape index (κ2) is 11.2. The number of nitrogens with zero attached hydrogens (tertiary/aromatic N) is 4. The Bertz CT molecular complexity index is 1640.